The Morgan fingerprint density at radius 3 is 2.61 bits per heavy atom. The molecule has 0 amide bonds. The molecular weight excluding hydrogens is 356 g/mol. The van der Waals surface area contributed by atoms with Crippen molar-refractivity contribution in [1.29, 1.82) is 0 Å². The van der Waals surface area contributed by atoms with Crippen molar-refractivity contribution in [1.82, 2.24) is 5.16 Å². The fourth-order valence-electron chi connectivity index (χ4n) is 2.60. The minimum atomic E-state index is -0.0359. The molecule has 0 bridgehead atoms. The molecule has 120 valence electrons. The smallest absolute Gasteiger partial charge is 0.181 e. The summed E-state index contributed by atoms with van der Waals surface area (Å²) in [5, 5.41) is 8.41. The van der Waals surface area contributed by atoms with Crippen LogP contribution in [0.3, 0.4) is 0 Å². The number of aromatic nitrogens is 1. The molecule has 3 rings (SSSR count). The Bertz CT molecular complexity index is 813. The van der Waals surface area contributed by atoms with Gasteiger partial charge in [0.1, 0.15) is 11.1 Å². The zero-order valence-electron chi connectivity index (χ0n) is 13.4. The number of nitrogens with one attached hydrogen (secondary N) is 1. The zero-order chi connectivity index (χ0) is 16.4. The lowest BCUT2D eigenvalue weighted by Crippen LogP contribution is -2.27. The van der Waals surface area contributed by atoms with E-state index in [1.807, 2.05) is 18.2 Å². The van der Waals surface area contributed by atoms with Crippen molar-refractivity contribution in [2.24, 2.45) is 0 Å². The van der Waals surface area contributed by atoms with Crippen LogP contribution in [-0.4, -0.2) is 18.8 Å². The van der Waals surface area contributed by atoms with Crippen molar-refractivity contribution < 1.29 is 9.26 Å². The summed E-state index contributed by atoms with van der Waals surface area (Å²) in [5.41, 5.74) is 1.93. The van der Waals surface area contributed by atoms with E-state index >= 15 is 0 Å². The third kappa shape index (κ3) is 3.06. The quantitative estimate of drug-likeness (QED) is 0.683. The maximum atomic E-state index is 5.49. The van der Waals surface area contributed by atoms with Gasteiger partial charge in [-0.25, -0.2) is 0 Å². The van der Waals surface area contributed by atoms with Crippen LogP contribution >= 0.6 is 15.9 Å². The molecule has 0 saturated carbocycles. The van der Waals surface area contributed by atoms with E-state index in [1.165, 1.54) is 5.56 Å². The van der Waals surface area contributed by atoms with Crippen LogP contribution < -0.4 is 10.1 Å². The number of methoxy groups -OCH3 is 1. The predicted octanol–water partition coefficient (Wildman–Crippen LogP) is 4.99. The standard InChI is InChI=1S/C18H19BrN2O2/c1-18(2,12-7-5-4-6-8-12)11-20-17-15-14(23-21-17)10-9-13(19)16(15)22-3/h4-10H,11H2,1-3H3,(H,20,21). The minimum absolute atomic E-state index is 0.0359. The first kappa shape index (κ1) is 15.9. The van der Waals surface area contributed by atoms with Gasteiger partial charge in [0, 0.05) is 12.0 Å². The van der Waals surface area contributed by atoms with Crippen molar-refractivity contribution in [3.63, 3.8) is 0 Å². The van der Waals surface area contributed by atoms with Crippen molar-refractivity contribution in [2.75, 3.05) is 19.0 Å². The van der Waals surface area contributed by atoms with E-state index in [9.17, 15) is 0 Å². The monoisotopic (exact) mass is 374 g/mol. The number of nitrogens with zero attached hydrogens (tertiary/aromatic N) is 1. The summed E-state index contributed by atoms with van der Waals surface area (Å²) < 4.78 is 11.8. The summed E-state index contributed by atoms with van der Waals surface area (Å²) in [7, 11) is 1.64. The van der Waals surface area contributed by atoms with Gasteiger partial charge in [0.05, 0.1) is 11.6 Å². The molecule has 5 heteroatoms. The molecule has 0 aliphatic rings. The van der Waals surface area contributed by atoms with E-state index in [2.05, 4.69) is 64.5 Å². The Kier molecular flexibility index (Phi) is 4.31. The first-order chi connectivity index (χ1) is 11.0. The number of hydrogen-bond acceptors (Lipinski definition) is 4. The van der Waals surface area contributed by atoms with Crippen LogP contribution in [-0.2, 0) is 5.41 Å². The Balaban J connectivity index is 1.89. The molecular formula is C18H19BrN2O2. The summed E-state index contributed by atoms with van der Waals surface area (Å²) in [6.45, 7) is 5.13. The van der Waals surface area contributed by atoms with Crippen LogP contribution in [0.15, 0.2) is 51.5 Å². The lowest BCUT2D eigenvalue weighted by Gasteiger charge is -2.25. The number of anilines is 1. The summed E-state index contributed by atoms with van der Waals surface area (Å²) in [6, 6.07) is 14.2. The van der Waals surface area contributed by atoms with Gasteiger partial charge in [-0.3, -0.25) is 0 Å². The van der Waals surface area contributed by atoms with Gasteiger partial charge in [-0.05, 0) is 33.6 Å². The second-order valence-corrected chi connectivity index (χ2v) is 6.94. The number of halogens is 1. The van der Waals surface area contributed by atoms with Crippen LogP contribution in [0.25, 0.3) is 11.0 Å². The van der Waals surface area contributed by atoms with Gasteiger partial charge in [-0.15, -0.1) is 0 Å². The molecule has 0 saturated heterocycles. The van der Waals surface area contributed by atoms with Gasteiger partial charge in [-0.1, -0.05) is 49.3 Å². The summed E-state index contributed by atoms with van der Waals surface area (Å²) in [6.07, 6.45) is 0. The van der Waals surface area contributed by atoms with Gasteiger partial charge in [0.15, 0.2) is 11.4 Å². The molecule has 1 N–H and O–H groups in total. The fourth-order valence-corrected chi connectivity index (χ4v) is 3.09. The molecule has 23 heavy (non-hydrogen) atoms. The molecule has 0 aliphatic heterocycles. The maximum absolute atomic E-state index is 5.49. The highest BCUT2D eigenvalue weighted by molar-refractivity contribution is 9.10. The molecule has 1 aromatic heterocycles. The summed E-state index contributed by atoms with van der Waals surface area (Å²) >= 11 is 3.50. The first-order valence-corrected chi connectivity index (χ1v) is 8.23. The molecule has 3 aromatic rings. The van der Waals surface area contributed by atoms with E-state index in [-0.39, 0.29) is 5.41 Å². The molecule has 4 nitrogen and oxygen atoms in total. The Hall–Kier alpha value is -2.01. The van der Waals surface area contributed by atoms with E-state index < -0.39 is 0 Å². The molecule has 0 spiro atoms. The summed E-state index contributed by atoms with van der Waals surface area (Å²) in [5.74, 6) is 1.42. The highest BCUT2D eigenvalue weighted by Crippen LogP contribution is 2.38. The molecule has 0 radical (unpaired) electrons. The second kappa shape index (κ2) is 6.24. The fraction of sp³-hybridized carbons (Fsp3) is 0.278. The molecule has 1 heterocycles. The van der Waals surface area contributed by atoms with Gasteiger partial charge >= 0.3 is 0 Å². The average molecular weight is 375 g/mol. The number of fused-ring (bicyclic) bond motifs is 1. The van der Waals surface area contributed by atoms with Crippen LogP contribution in [0, 0.1) is 0 Å². The normalized spacial score (nSPS) is 11.7. The van der Waals surface area contributed by atoms with Gasteiger partial charge < -0.3 is 14.6 Å². The largest absolute Gasteiger partial charge is 0.495 e. The minimum Gasteiger partial charge on any atom is -0.495 e. The van der Waals surface area contributed by atoms with E-state index in [0.717, 1.165) is 22.2 Å². The number of benzene rings is 2. The molecule has 0 unspecified atom stereocenters. The van der Waals surface area contributed by atoms with E-state index in [4.69, 9.17) is 9.26 Å². The van der Waals surface area contributed by atoms with E-state index in [1.54, 1.807) is 7.11 Å². The van der Waals surface area contributed by atoms with Crippen molar-refractivity contribution in [3.8, 4) is 5.75 Å². The number of hydrogen-bond donors (Lipinski definition) is 1. The molecule has 0 atom stereocenters. The lowest BCUT2D eigenvalue weighted by atomic mass is 9.84. The highest BCUT2D eigenvalue weighted by Gasteiger charge is 2.22. The average Bonchev–Trinajstić information content (AvgIpc) is 2.97. The topological polar surface area (TPSA) is 47.3 Å². The van der Waals surface area contributed by atoms with Gasteiger partial charge in [0.25, 0.3) is 0 Å². The highest BCUT2D eigenvalue weighted by atomic mass is 79.9. The van der Waals surface area contributed by atoms with E-state index in [0.29, 0.717) is 11.4 Å². The number of ether oxygens (including phenoxy) is 1. The van der Waals surface area contributed by atoms with Crippen molar-refractivity contribution in [2.45, 2.75) is 19.3 Å². The third-order valence-electron chi connectivity index (χ3n) is 4.00. The van der Waals surface area contributed by atoms with Crippen LogP contribution in [0.5, 0.6) is 5.75 Å². The third-order valence-corrected chi connectivity index (χ3v) is 4.63. The van der Waals surface area contributed by atoms with Crippen LogP contribution in [0.1, 0.15) is 19.4 Å². The Morgan fingerprint density at radius 2 is 1.91 bits per heavy atom. The van der Waals surface area contributed by atoms with Crippen LogP contribution in [0.4, 0.5) is 5.82 Å². The second-order valence-electron chi connectivity index (χ2n) is 6.09. The lowest BCUT2D eigenvalue weighted by molar-refractivity contribution is 0.416. The van der Waals surface area contributed by atoms with Crippen molar-refractivity contribution >= 4 is 32.7 Å². The van der Waals surface area contributed by atoms with Crippen molar-refractivity contribution in [3.05, 3.63) is 52.5 Å². The zero-order valence-corrected chi connectivity index (χ0v) is 15.0. The SMILES string of the molecule is COc1c(Br)ccc2onc(NCC(C)(C)c3ccccc3)c12. The Labute approximate surface area is 143 Å². The molecule has 2 aromatic carbocycles. The van der Waals surface area contributed by atoms with Gasteiger partial charge in [-0.2, -0.15) is 0 Å². The predicted molar refractivity (Wildman–Crippen MR) is 96.2 cm³/mol. The molecule has 0 fully saturated rings. The van der Waals surface area contributed by atoms with Gasteiger partial charge in [0.2, 0.25) is 0 Å². The summed E-state index contributed by atoms with van der Waals surface area (Å²) in [4.78, 5) is 0. The number of rotatable bonds is 5. The first-order valence-electron chi connectivity index (χ1n) is 7.44. The Morgan fingerprint density at radius 1 is 1.17 bits per heavy atom. The maximum Gasteiger partial charge on any atom is 0.181 e. The van der Waals surface area contributed by atoms with Crippen LogP contribution in [0.2, 0.25) is 0 Å². The molecule has 0 aliphatic carbocycles.